The molecule has 0 spiro atoms. The Hall–Kier alpha value is -0.870. The van der Waals surface area contributed by atoms with Gasteiger partial charge in [0.1, 0.15) is 0 Å². The second-order valence-corrected chi connectivity index (χ2v) is 5.74. The fourth-order valence-electron chi connectivity index (χ4n) is 2.55. The van der Waals surface area contributed by atoms with Crippen molar-refractivity contribution in [1.29, 1.82) is 0 Å². The highest BCUT2D eigenvalue weighted by atomic mass is 16.5. The molecule has 1 aliphatic carbocycles. The smallest absolute Gasteiger partial charge is 0.0949 e. The zero-order valence-corrected chi connectivity index (χ0v) is 12.3. The summed E-state index contributed by atoms with van der Waals surface area (Å²) in [6.07, 6.45) is 10.9. The molecule has 19 heavy (non-hydrogen) atoms. The van der Waals surface area contributed by atoms with Gasteiger partial charge in [0.05, 0.1) is 24.7 Å². The molecular weight excluding hydrogens is 238 g/mol. The van der Waals surface area contributed by atoms with Crippen LogP contribution in [0.4, 0.5) is 0 Å². The molecular formula is C15H27N3O. The first-order chi connectivity index (χ1) is 9.25. The lowest BCUT2D eigenvalue weighted by Gasteiger charge is -2.22. The third-order valence-corrected chi connectivity index (χ3v) is 3.73. The van der Waals surface area contributed by atoms with E-state index >= 15 is 0 Å². The van der Waals surface area contributed by atoms with E-state index < -0.39 is 0 Å². The standard InChI is InChI=1S/C15H27N3O/c1-13(2)17-11-14-10-16-12-18(14)8-9-19-15-6-4-3-5-7-15/h10,12-13,15,17H,3-9,11H2,1-2H3. The van der Waals surface area contributed by atoms with Gasteiger partial charge in [0.2, 0.25) is 0 Å². The summed E-state index contributed by atoms with van der Waals surface area (Å²) in [6, 6.07) is 0.502. The zero-order valence-electron chi connectivity index (χ0n) is 12.3. The molecule has 1 heterocycles. The van der Waals surface area contributed by atoms with Crippen LogP contribution in [0.1, 0.15) is 51.6 Å². The quantitative estimate of drug-likeness (QED) is 0.824. The Kier molecular flexibility index (Phi) is 5.86. The summed E-state index contributed by atoms with van der Waals surface area (Å²) in [5, 5.41) is 3.43. The van der Waals surface area contributed by atoms with Crippen LogP contribution in [0.5, 0.6) is 0 Å². The fraction of sp³-hybridized carbons (Fsp3) is 0.800. The van der Waals surface area contributed by atoms with Crippen LogP contribution in [-0.2, 0) is 17.8 Å². The predicted molar refractivity (Wildman–Crippen MR) is 77.0 cm³/mol. The van der Waals surface area contributed by atoms with Crippen molar-refractivity contribution in [1.82, 2.24) is 14.9 Å². The highest BCUT2D eigenvalue weighted by molar-refractivity contribution is 4.98. The van der Waals surface area contributed by atoms with Crippen molar-refractivity contribution < 1.29 is 4.74 Å². The molecule has 0 atom stereocenters. The van der Waals surface area contributed by atoms with Gasteiger partial charge in [-0.25, -0.2) is 4.98 Å². The molecule has 1 aromatic rings. The molecule has 1 fully saturated rings. The van der Waals surface area contributed by atoms with Crippen LogP contribution >= 0.6 is 0 Å². The Labute approximate surface area is 116 Å². The highest BCUT2D eigenvalue weighted by Crippen LogP contribution is 2.20. The summed E-state index contributed by atoms with van der Waals surface area (Å²) in [4.78, 5) is 4.23. The molecule has 0 aromatic carbocycles. The highest BCUT2D eigenvalue weighted by Gasteiger charge is 2.13. The number of rotatable bonds is 7. The second-order valence-electron chi connectivity index (χ2n) is 5.74. The van der Waals surface area contributed by atoms with E-state index in [9.17, 15) is 0 Å². The molecule has 1 aliphatic rings. The molecule has 1 saturated carbocycles. The van der Waals surface area contributed by atoms with Gasteiger partial charge in [-0.05, 0) is 12.8 Å². The average molecular weight is 265 g/mol. The number of hydrogen-bond donors (Lipinski definition) is 1. The first-order valence-corrected chi connectivity index (χ1v) is 7.59. The molecule has 4 nitrogen and oxygen atoms in total. The molecule has 0 bridgehead atoms. The number of hydrogen-bond acceptors (Lipinski definition) is 3. The van der Waals surface area contributed by atoms with Gasteiger partial charge in [0, 0.05) is 25.3 Å². The maximum Gasteiger partial charge on any atom is 0.0949 e. The number of ether oxygens (including phenoxy) is 1. The van der Waals surface area contributed by atoms with E-state index in [-0.39, 0.29) is 0 Å². The second kappa shape index (κ2) is 7.65. The van der Waals surface area contributed by atoms with Gasteiger partial charge in [-0.1, -0.05) is 33.1 Å². The third-order valence-electron chi connectivity index (χ3n) is 3.73. The monoisotopic (exact) mass is 265 g/mol. The van der Waals surface area contributed by atoms with Gasteiger partial charge in [-0.15, -0.1) is 0 Å². The van der Waals surface area contributed by atoms with Crippen molar-refractivity contribution in [2.45, 2.75) is 71.2 Å². The first kappa shape index (κ1) is 14.5. The van der Waals surface area contributed by atoms with Crippen LogP contribution in [0, 0.1) is 0 Å². The number of nitrogens with one attached hydrogen (secondary N) is 1. The van der Waals surface area contributed by atoms with E-state index in [4.69, 9.17) is 4.74 Å². The van der Waals surface area contributed by atoms with E-state index in [1.54, 1.807) is 0 Å². The largest absolute Gasteiger partial charge is 0.376 e. The molecule has 2 rings (SSSR count). The molecule has 1 N–H and O–H groups in total. The first-order valence-electron chi connectivity index (χ1n) is 7.59. The Morgan fingerprint density at radius 3 is 2.89 bits per heavy atom. The maximum absolute atomic E-state index is 5.97. The summed E-state index contributed by atoms with van der Waals surface area (Å²) in [7, 11) is 0. The van der Waals surface area contributed by atoms with Gasteiger partial charge in [-0.3, -0.25) is 0 Å². The Morgan fingerprint density at radius 2 is 2.16 bits per heavy atom. The van der Waals surface area contributed by atoms with Gasteiger partial charge in [-0.2, -0.15) is 0 Å². The molecule has 108 valence electrons. The molecule has 0 radical (unpaired) electrons. The van der Waals surface area contributed by atoms with E-state index in [1.165, 1.54) is 37.8 Å². The lowest BCUT2D eigenvalue weighted by atomic mass is 9.98. The van der Waals surface area contributed by atoms with Crippen molar-refractivity contribution in [3.8, 4) is 0 Å². The summed E-state index contributed by atoms with van der Waals surface area (Å²) in [6.45, 7) is 6.90. The molecule has 0 amide bonds. The van der Waals surface area contributed by atoms with Gasteiger partial charge >= 0.3 is 0 Å². The molecule has 4 heteroatoms. The van der Waals surface area contributed by atoms with Crippen LogP contribution in [-0.4, -0.2) is 28.3 Å². The fourth-order valence-corrected chi connectivity index (χ4v) is 2.55. The third kappa shape index (κ3) is 4.96. The van der Waals surface area contributed by atoms with Gasteiger partial charge < -0.3 is 14.6 Å². The molecule has 0 unspecified atom stereocenters. The Balaban J connectivity index is 1.71. The van der Waals surface area contributed by atoms with E-state index in [2.05, 4.69) is 28.7 Å². The number of nitrogens with zero attached hydrogens (tertiary/aromatic N) is 2. The minimum atomic E-state index is 0.495. The van der Waals surface area contributed by atoms with Gasteiger partial charge in [0.15, 0.2) is 0 Å². The number of aromatic nitrogens is 2. The minimum absolute atomic E-state index is 0.495. The SMILES string of the molecule is CC(C)NCc1cncn1CCOC1CCCCC1. The van der Waals surface area contributed by atoms with Crippen LogP contribution in [0.3, 0.4) is 0 Å². The molecule has 0 aliphatic heterocycles. The van der Waals surface area contributed by atoms with E-state index in [0.29, 0.717) is 12.1 Å². The molecule has 0 saturated heterocycles. The summed E-state index contributed by atoms with van der Waals surface area (Å²) >= 11 is 0. The van der Waals surface area contributed by atoms with Crippen LogP contribution in [0.15, 0.2) is 12.5 Å². The summed E-state index contributed by atoms with van der Waals surface area (Å²) in [5.74, 6) is 0. The van der Waals surface area contributed by atoms with E-state index in [1.807, 2.05) is 12.5 Å². The zero-order chi connectivity index (χ0) is 13.5. The Morgan fingerprint density at radius 1 is 1.37 bits per heavy atom. The number of imidazole rings is 1. The lowest BCUT2D eigenvalue weighted by Crippen LogP contribution is -2.24. The molecule has 1 aromatic heterocycles. The lowest BCUT2D eigenvalue weighted by molar-refractivity contribution is 0.0238. The minimum Gasteiger partial charge on any atom is -0.376 e. The van der Waals surface area contributed by atoms with Gasteiger partial charge in [0.25, 0.3) is 0 Å². The summed E-state index contributed by atoms with van der Waals surface area (Å²) < 4.78 is 8.16. The van der Waals surface area contributed by atoms with E-state index in [0.717, 1.165) is 19.7 Å². The average Bonchev–Trinajstić information content (AvgIpc) is 2.85. The normalized spacial score (nSPS) is 17.2. The van der Waals surface area contributed by atoms with Crippen LogP contribution < -0.4 is 5.32 Å². The van der Waals surface area contributed by atoms with Crippen molar-refractivity contribution in [2.24, 2.45) is 0 Å². The Bertz CT molecular complexity index is 356. The topological polar surface area (TPSA) is 39.1 Å². The predicted octanol–water partition coefficient (Wildman–Crippen LogP) is 2.73. The van der Waals surface area contributed by atoms with Crippen molar-refractivity contribution in [3.63, 3.8) is 0 Å². The summed E-state index contributed by atoms with van der Waals surface area (Å²) in [5.41, 5.74) is 1.24. The van der Waals surface area contributed by atoms with Crippen LogP contribution in [0.25, 0.3) is 0 Å². The van der Waals surface area contributed by atoms with Crippen LogP contribution in [0.2, 0.25) is 0 Å². The van der Waals surface area contributed by atoms with Crippen molar-refractivity contribution in [2.75, 3.05) is 6.61 Å². The van der Waals surface area contributed by atoms with Crippen molar-refractivity contribution in [3.05, 3.63) is 18.2 Å². The van der Waals surface area contributed by atoms with Crippen molar-refractivity contribution >= 4 is 0 Å². The maximum atomic E-state index is 5.97.